The Labute approximate surface area is 113 Å². The van der Waals surface area contributed by atoms with Gasteiger partial charge in [0, 0.05) is 11.4 Å². The molecular weight excluding hydrogens is 256 g/mol. The Morgan fingerprint density at radius 1 is 1.05 bits per heavy atom. The molecule has 1 aromatic heterocycles. The van der Waals surface area contributed by atoms with E-state index in [1.54, 1.807) is 42.5 Å². The number of fused-ring (bicyclic) bond motifs is 1. The lowest BCUT2D eigenvalue weighted by atomic mass is 10.1. The number of benzene rings is 2. The number of nitrogens with one attached hydrogen (secondary N) is 3. The number of hydrogen-bond acceptors (Lipinski definition) is 3. The van der Waals surface area contributed by atoms with Crippen LogP contribution in [0.2, 0.25) is 0 Å². The maximum absolute atomic E-state index is 12.1. The van der Waals surface area contributed by atoms with Gasteiger partial charge in [-0.05, 0) is 30.3 Å². The van der Waals surface area contributed by atoms with Crippen LogP contribution >= 0.6 is 0 Å². The van der Waals surface area contributed by atoms with E-state index in [0.717, 1.165) is 0 Å². The molecule has 0 bridgehead atoms. The number of nitrogen functional groups attached to an aromatic ring is 1. The summed E-state index contributed by atoms with van der Waals surface area (Å²) in [6.07, 6.45) is 0. The quantitative estimate of drug-likeness (QED) is 0.531. The van der Waals surface area contributed by atoms with E-state index in [1.807, 2.05) is 0 Å². The molecule has 3 rings (SSSR count). The summed E-state index contributed by atoms with van der Waals surface area (Å²) < 4.78 is 0. The number of anilines is 2. The Morgan fingerprint density at radius 3 is 2.60 bits per heavy atom. The molecule has 0 aliphatic carbocycles. The molecule has 0 saturated carbocycles. The van der Waals surface area contributed by atoms with Gasteiger partial charge in [-0.15, -0.1) is 0 Å². The number of para-hydroxylation sites is 1. The predicted molar refractivity (Wildman–Crippen MR) is 77.7 cm³/mol. The number of rotatable bonds is 2. The number of carbonyl (C=O) groups is 1. The monoisotopic (exact) mass is 268 g/mol. The van der Waals surface area contributed by atoms with E-state index in [2.05, 4.69) is 15.3 Å². The molecule has 6 nitrogen and oxygen atoms in total. The molecule has 0 aliphatic heterocycles. The van der Waals surface area contributed by atoms with Crippen LogP contribution in [0.5, 0.6) is 0 Å². The van der Waals surface area contributed by atoms with Crippen LogP contribution in [-0.2, 0) is 0 Å². The minimum absolute atomic E-state index is 0.282. The largest absolute Gasteiger partial charge is 0.398 e. The molecule has 20 heavy (non-hydrogen) atoms. The minimum Gasteiger partial charge on any atom is -0.398 e. The first-order valence-electron chi connectivity index (χ1n) is 6.01. The molecule has 0 radical (unpaired) electrons. The van der Waals surface area contributed by atoms with Gasteiger partial charge in [0.25, 0.3) is 5.91 Å². The third-order valence-electron chi connectivity index (χ3n) is 2.98. The Kier molecular flexibility index (Phi) is 2.76. The van der Waals surface area contributed by atoms with Crippen molar-refractivity contribution < 1.29 is 4.79 Å². The zero-order chi connectivity index (χ0) is 14.1. The first-order valence-corrected chi connectivity index (χ1v) is 6.01. The Balaban J connectivity index is 1.91. The van der Waals surface area contributed by atoms with Gasteiger partial charge >= 0.3 is 5.69 Å². The summed E-state index contributed by atoms with van der Waals surface area (Å²) in [6, 6.07) is 12.0. The van der Waals surface area contributed by atoms with Crippen molar-refractivity contribution in [3.63, 3.8) is 0 Å². The van der Waals surface area contributed by atoms with Crippen LogP contribution in [0, 0.1) is 0 Å². The fourth-order valence-corrected chi connectivity index (χ4v) is 2.01. The third kappa shape index (κ3) is 2.14. The second kappa shape index (κ2) is 4.58. The van der Waals surface area contributed by atoms with E-state index >= 15 is 0 Å². The summed E-state index contributed by atoms with van der Waals surface area (Å²) in [6.45, 7) is 0. The van der Waals surface area contributed by atoms with Gasteiger partial charge in [-0.1, -0.05) is 12.1 Å². The number of aromatic amines is 2. The molecule has 6 heteroatoms. The number of amides is 1. The van der Waals surface area contributed by atoms with Crippen LogP contribution < -0.4 is 16.7 Å². The highest BCUT2D eigenvalue weighted by Gasteiger charge is 2.09. The molecule has 0 spiro atoms. The van der Waals surface area contributed by atoms with Crippen molar-refractivity contribution >= 4 is 28.3 Å². The zero-order valence-corrected chi connectivity index (χ0v) is 10.4. The topological polar surface area (TPSA) is 104 Å². The number of imidazole rings is 1. The Morgan fingerprint density at radius 2 is 1.80 bits per heavy atom. The number of hydrogen-bond donors (Lipinski definition) is 4. The van der Waals surface area contributed by atoms with Gasteiger partial charge in [0.05, 0.1) is 16.6 Å². The normalized spacial score (nSPS) is 10.6. The number of carbonyl (C=O) groups excluding carboxylic acids is 1. The summed E-state index contributed by atoms with van der Waals surface area (Å²) >= 11 is 0. The van der Waals surface area contributed by atoms with Crippen LogP contribution in [-0.4, -0.2) is 15.9 Å². The van der Waals surface area contributed by atoms with Crippen molar-refractivity contribution in [1.29, 1.82) is 0 Å². The molecule has 0 unspecified atom stereocenters. The molecule has 1 amide bonds. The molecule has 0 atom stereocenters. The highest BCUT2D eigenvalue weighted by atomic mass is 16.2. The molecule has 0 aliphatic rings. The summed E-state index contributed by atoms with van der Waals surface area (Å²) in [4.78, 5) is 28.6. The molecule has 0 fully saturated rings. The van der Waals surface area contributed by atoms with Crippen LogP contribution in [0.15, 0.2) is 47.3 Å². The zero-order valence-electron chi connectivity index (χ0n) is 10.4. The van der Waals surface area contributed by atoms with Crippen molar-refractivity contribution in [3.05, 3.63) is 58.5 Å². The van der Waals surface area contributed by atoms with Gasteiger partial charge in [-0.2, -0.15) is 0 Å². The van der Waals surface area contributed by atoms with Crippen LogP contribution in [0.3, 0.4) is 0 Å². The van der Waals surface area contributed by atoms with E-state index in [0.29, 0.717) is 28.0 Å². The fourth-order valence-electron chi connectivity index (χ4n) is 2.01. The van der Waals surface area contributed by atoms with E-state index in [-0.39, 0.29) is 11.6 Å². The molecule has 2 aromatic carbocycles. The molecule has 1 heterocycles. The Hall–Kier alpha value is -3.02. The van der Waals surface area contributed by atoms with Crippen molar-refractivity contribution in [2.45, 2.75) is 0 Å². The highest BCUT2D eigenvalue weighted by molar-refractivity contribution is 6.08. The maximum atomic E-state index is 12.1. The van der Waals surface area contributed by atoms with Gasteiger partial charge in [0.2, 0.25) is 0 Å². The average molecular weight is 268 g/mol. The van der Waals surface area contributed by atoms with E-state index < -0.39 is 0 Å². The smallest absolute Gasteiger partial charge is 0.323 e. The molecule has 3 aromatic rings. The van der Waals surface area contributed by atoms with Crippen LogP contribution in [0.4, 0.5) is 11.4 Å². The number of H-pyrrole nitrogens is 2. The molecule has 5 N–H and O–H groups in total. The molecule has 0 saturated heterocycles. The van der Waals surface area contributed by atoms with Gasteiger partial charge < -0.3 is 21.0 Å². The predicted octanol–water partition coefficient (Wildman–Crippen LogP) is 1.69. The van der Waals surface area contributed by atoms with Gasteiger partial charge in [0.15, 0.2) is 0 Å². The summed E-state index contributed by atoms with van der Waals surface area (Å²) in [5.41, 5.74) is 8.21. The standard InChI is InChI=1S/C14H12N4O2/c15-10-4-2-1-3-9(10)13(19)16-8-5-6-11-12(7-8)18-14(20)17-11/h1-7H,15H2,(H,16,19)(H2,17,18,20). The summed E-state index contributed by atoms with van der Waals surface area (Å²) in [7, 11) is 0. The van der Waals surface area contributed by atoms with Crippen molar-refractivity contribution in [2.75, 3.05) is 11.1 Å². The summed E-state index contributed by atoms with van der Waals surface area (Å²) in [5, 5.41) is 2.75. The van der Waals surface area contributed by atoms with Crippen LogP contribution in [0.1, 0.15) is 10.4 Å². The van der Waals surface area contributed by atoms with E-state index in [4.69, 9.17) is 5.73 Å². The first kappa shape index (κ1) is 12.0. The highest BCUT2D eigenvalue weighted by Crippen LogP contribution is 2.17. The first-order chi connectivity index (χ1) is 9.63. The van der Waals surface area contributed by atoms with Crippen LogP contribution in [0.25, 0.3) is 11.0 Å². The lowest BCUT2D eigenvalue weighted by molar-refractivity contribution is 0.102. The second-order valence-corrected chi connectivity index (χ2v) is 4.38. The van der Waals surface area contributed by atoms with E-state index in [1.165, 1.54) is 0 Å². The molecular formula is C14H12N4O2. The van der Waals surface area contributed by atoms with Gasteiger partial charge in [0.1, 0.15) is 0 Å². The maximum Gasteiger partial charge on any atom is 0.323 e. The fraction of sp³-hybridized carbons (Fsp3) is 0. The lowest BCUT2D eigenvalue weighted by Gasteiger charge is -2.07. The summed E-state index contributed by atoms with van der Waals surface area (Å²) in [5.74, 6) is -0.291. The average Bonchev–Trinajstić information content (AvgIpc) is 2.78. The Bertz CT molecular complexity index is 848. The van der Waals surface area contributed by atoms with E-state index in [9.17, 15) is 9.59 Å². The SMILES string of the molecule is Nc1ccccc1C(=O)Nc1ccc2[nH]c(=O)[nH]c2c1. The van der Waals surface area contributed by atoms with Crippen molar-refractivity contribution in [1.82, 2.24) is 9.97 Å². The minimum atomic E-state index is -0.291. The van der Waals surface area contributed by atoms with Gasteiger partial charge in [-0.3, -0.25) is 4.79 Å². The second-order valence-electron chi connectivity index (χ2n) is 4.38. The number of nitrogens with two attached hydrogens (primary N) is 1. The van der Waals surface area contributed by atoms with Crippen molar-refractivity contribution in [2.24, 2.45) is 0 Å². The lowest BCUT2D eigenvalue weighted by Crippen LogP contribution is -2.13. The third-order valence-corrected chi connectivity index (χ3v) is 2.98. The van der Waals surface area contributed by atoms with Gasteiger partial charge in [-0.25, -0.2) is 4.79 Å². The van der Waals surface area contributed by atoms with Crippen molar-refractivity contribution in [3.8, 4) is 0 Å². The number of aromatic nitrogens is 2. The molecule has 100 valence electrons.